The van der Waals surface area contributed by atoms with Crippen LogP contribution >= 0.6 is 0 Å². The number of nitrogens with zero attached hydrogens (tertiary/aromatic N) is 2. The van der Waals surface area contributed by atoms with Gasteiger partial charge in [0.05, 0.1) is 11.0 Å². The molecule has 0 amide bonds. The van der Waals surface area contributed by atoms with Crippen molar-refractivity contribution in [2.75, 3.05) is 4.90 Å². The third-order valence-corrected chi connectivity index (χ3v) is 11.6. The highest BCUT2D eigenvalue weighted by Crippen LogP contribution is 2.42. The van der Waals surface area contributed by atoms with Crippen LogP contribution < -0.4 is 4.90 Å². The van der Waals surface area contributed by atoms with Gasteiger partial charge in [0.1, 0.15) is 0 Å². The highest BCUT2D eigenvalue weighted by Gasteiger charge is 2.19. The van der Waals surface area contributed by atoms with Crippen molar-refractivity contribution >= 4 is 60.4 Å². The van der Waals surface area contributed by atoms with Gasteiger partial charge in [-0.05, 0) is 116 Å². The van der Waals surface area contributed by atoms with Gasteiger partial charge in [0.2, 0.25) is 0 Å². The fraction of sp³-hybridized carbons (Fsp3) is 0. The fourth-order valence-corrected chi connectivity index (χ4v) is 8.80. The predicted molar refractivity (Wildman–Crippen MR) is 247 cm³/mol. The number of anilines is 3. The standard InChI is InChI=1S/C56H38N2/c1-3-13-39(14-4-1)40-25-27-41(28-26-40)42-31-33-47(34-32-42)57(46-17-5-2-6-18-46)48-19-11-16-44(37-48)52-22-12-24-55-56(52)53-21-9-10-23-54(53)58(55)49-35-36-51-45(38-49)30-29-43-15-7-8-20-50(43)51/h1-38H. The summed E-state index contributed by atoms with van der Waals surface area (Å²) in [5.41, 5.74) is 14.1. The lowest BCUT2D eigenvalue weighted by atomic mass is 9.98. The van der Waals surface area contributed by atoms with Crippen molar-refractivity contribution in [2.45, 2.75) is 0 Å². The van der Waals surface area contributed by atoms with E-state index in [1.54, 1.807) is 0 Å². The van der Waals surface area contributed by atoms with Gasteiger partial charge in [0.15, 0.2) is 0 Å². The molecule has 0 N–H and O–H groups in total. The third kappa shape index (κ3) is 5.82. The van der Waals surface area contributed by atoms with E-state index >= 15 is 0 Å². The molecule has 0 aliphatic heterocycles. The molecule has 0 fully saturated rings. The summed E-state index contributed by atoms with van der Waals surface area (Å²) in [4.78, 5) is 2.36. The van der Waals surface area contributed by atoms with Crippen molar-refractivity contribution in [1.29, 1.82) is 0 Å². The lowest BCUT2D eigenvalue weighted by Crippen LogP contribution is -2.09. The van der Waals surface area contributed by atoms with E-state index in [4.69, 9.17) is 0 Å². The average Bonchev–Trinajstić information content (AvgIpc) is 3.65. The predicted octanol–water partition coefficient (Wildman–Crippen LogP) is 15.6. The molecule has 2 heteroatoms. The molecule has 11 rings (SSSR count). The Morgan fingerprint density at radius 1 is 0.293 bits per heavy atom. The van der Waals surface area contributed by atoms with Gasteiger partial charge in [0.25, 0.3) is 0 Å². The Balaban J connectivity index is 1.00. The highest BCUT2D eigenvalue weighted by atomic mass is 15.1. The van der Waals surface area contributed by atoms with Crippen molar-refractivity contribution in [3.05, 3.63) is 231 Å². The second-order valence-corrected chi connectivity index (χ2v) is 15.0. The maximum absolute atomic E-state index is 2.43. The number of benzene rings is 10. The van der Waals surface area contributed by atoms with Gasteiger partial charge in [-0.1, -0.05) is 170 Å². The first-order chi connectivity index (χ1) is 28.8. The van der Waals surface area contributed by atoms with E-state index < -0.39 is 0 Å². The lowest BCUT2D eigenvalue weighted by molar-refractivity contribution is 1.19. The second-order valence-electron chi connectivity index (χ2n) is 15.0. The van der Waals surface area contributed by atoms with E-state index in [0.717, 1.165) is 22.7 Å². The Kier molecular flexibility index (Phi) is 8.19. The topological polar surface area (TPSA) is 8.17 Å². The summed E-state index contributed by atoms with van der Waals surface area (Å²) in [5, 5.41) is 7.55. The smallest absolute Gasteiger partial charge is 0.0547 e. The molecule has 0 aliphatic rings. The second kappa shape index (κ2) is 14.1. The Hall–Kier alpha value is -7.68. The molecule has 0 radical (unpaired) electrons. The molecule has 10 aromatic carbocycles. The SMILES string of the molecule is c1ccc(-c2ccc(-c3ccc(N(c4ccccc4)c4cccc(-c5cccc6c5c5ccccc5n6-c5ccc6c(ccc7ccccc76)c5)c4)cc3)cc2)cc1. The molecule has 1 aromatic heterocycles. The molecule has 0 unspecified atom stereocenters. The lowest BCUT2D eigenvalue weighted by Gasteiger charge is -2.26. The molecule has 11 aromatic rings. The summed E-state index contributed by atoms with van der Waals surface area (Å²) >= 11 is 0. The van der Waals surface area contributed by atoms with Gasteiger partial charge >= 0.3 is 0 Å². The van der Waals surface area contributed by atoms with Gasteiger partial charge < -0.3 is 9.47 Å². The summed E-state index contributed by atoms with van der Waals surface area (Å²) in [5.74, 6) is 0. The first kappa shape index (κ1) is 33.6. The number of hydrogen-bond acceptors (Lipinski definition) is 1. The average molecular weight is 739 g/mol. The van der Waals surface area contributed by atoms with Crippen molar-refractivity contribution in [3.63, 3.8) is 0 Å². The number of fused-ring (bicyclic) bond motifs is 6. The first-order valence-corrected chi connectivity index (χ1v) is 19.9. The van der Waals surface area contributed by atoms with Gasteiger partial charge in [-0.25, -0.2) is 0 Å². The molecule has 0 aliphatic carbocycles. The van der Waals surface area contributed by atoms with Crippen molar-refractivity contribution in [3.8, 4) is 39.1 Å². The van der Waals surface area contributed by atoms with Crippen LogP contribution in [-0.2, 0) is 0 Å². The van der Waals surface area contributed by atoms with Gasteiger partial charge in [-0.3, -0.25) is 0 Å². The Morgan fingerprint density at radius 3 is 1.60 bits per heavy atom. The van der Waals surface area contributed by atoms with Crippen LogP contribution in [0.1, 0.15) is 0 Å². The van der Waals surface area contributed by atoms with Crippen LogP contribution in [0, 0.1) is 0 Å². The van der Waals surface area contributed by atoms with Gasteiger partial charge in [-0.15, -0.1) is 0 Å². The largest absolute Gasteiger partial charge is 0.310 e. The van der Waals surface area contributed by atoms with E-state index in [0.29, 0.717) is 0 Å². The molecule has 1 heterocycles. The molecule has 58 heavy (non-hydrogen) atoms. The molecule has 0 saturated heterocycles. The molecule has 0 spiro atoms. The molecule has 0 atom stereocenters. The van der Waals surface area contributed by atoms with Crippen LogP contribution in [0.4, 0.5) is 17.1 Å². The minimum absolute atomic E-state index is 1.10. The first-order valence-electron chi connectivity index (χ1n) is 19.9. The molecular formula is C56H38N2. The van der Waals surface area contributed by atoms with Crippen LogP contribution in [0.3, 0.4) is 0 Å². The maximum Gasteiger partial charge on any atom is 0.0547 e. The summed E-state index contributed by atoms with van der Waals surface area (Å²) in [6.45, 7) is 0. The fourth-order valence-electron chi connectivity index (χ4n) is 8.80. The Bertz CT molecular complexity index is 3250. The number of para-hydroxylation sites is 2. The Labute approximate surface area is 338 Å². The van der Waals surface area contributed by atoms with Gasteiger partial charge in [-0.2, -0.15) is 0 Å². The zero-order valence-electron chi connectivity index (χ0n) is 31.8. The molecule has 0 saturated carbocycles. The van der Waals surface area contributed by atoms with E-state index in [-0.39, 0.29) is 0 Å². The minimum atomic E-state index is 1.10. The van der Waals surface area contributed by atoms with Crippen LogP contribution in [0.5, 0.6) is 0 Å². The maximum atomic E-state index is 2.43. The molecule has 272 valence electrons. The zero-order valence-corrected chi connectivity index (χ0v) is 31.8. The molecule has 0 bridgehead atoms. The highest BCUT2D eigenvalue weighted by molar-refractivity contribution is 6.16. The minimum Gasteiger partial charge on any atom is -0.310 e. The zero-order chi connectivity index (χ0) is 38.4. The van der Waals surface area contributed by atoms with Gasteiger partial charge in [0, 0.05) is 33.5 Å². The number of rotatable bonds is 7. The van der Waals surface area contributed by atoms with E-state index in [9.17, 15) is 0 Å². The van der Waals surface area contributed by atoms with Crippen molar-refractivity contribution < 1.29 is 0 Å². The normalized spacial score (nSPS) is 11.4. The van der Waals surface area contributed by atoms with Crippen LogP contribution in [0.2, 0.25) is 0 Å². The summed E-state index contributed by atoms with van der Waals surface area (Å²) < 4.78 is 2.43. The third-order valence-electron chi connectivity index (χ3n) is 11.6. The van der Waals surface area contributed by atoms with Crippen LogP contribution in [-0.4, -0.2) is 4.57 Å². The quantitative estimate of drug-likeness (QED) is 0.148. The van der Waals surface area contributed by atoms with E-state index in [1.807, 2.05) is 0 Å². The van der Waals surface area contributed by atoms with E-state index in [2.05, 4.69) is 240 Å². The number of aromatic nitrogens is 1. The van der Waals surface area contributed by atoms with Crippen molar-refractivity contribution in [2.24, 2.45) is 0 Å². The van der Waals surface area contributed by atoms with E-state index in [1.165, 1.54) is 76.7 Å². The Morgan fingerprint density at radius 2 is 0.828 bits per heavy atom. The van der Waals surface area contributed by atoms with Crippen molar-refractivity contribution in [1.82, 2.24) is 4.57 Å². The summed E-state index contributed by atoms with van der Waals surface area (Å²) in [6.07, 6.45) is 0. The number of hydrogen-bond donors (Lipinski definition) is 0. The monoisotopic (exact) mass is 738 g/mol. The molecular weight excluding hydrogens is 701 g/mol. The van der Waals surface area contributed by atoms with Crippen LogP contribution in [0.25, 0.3) is 82.4 Å². The van der Waals surface area contributed by atoms with Crippen LogP contribution in [0.15, 0.2) is 231 Å². The summed E-state index contributed by atoms with van der Waals surface area (Å²) in [7, 11) is 0. The summed E-state index contributed by atoms with van der Waals surface area (Å²) in [6, 6.07) is 83.6. The molecule has 2 nitrogen and oxygen atoms in total.